The summed E-state index contributed by atoms with van der Waals surface area (Å²) in [5.74, 6) is -0.146. The van der Waals surface area contributed by atoms with Crippen molar-refractivity contribution in [2.45, 2.75) is 32.4 Å². The van der Waals surface area contributed by atoms with Gasteiger partial charge in [-0.3, -0.25) is 14.6 Å². The number of ether oxygens (including phenoxy) is 1. The molecule has 0 aliphatic carbocycles. The molecule has 1 amide bonds. The summed E-state index contributed by atoms with van der Waals surface area (Å²) in [5, 5.41) is 0.959. The molecule has 1 N–H and O–H groups in total. The molecule has 3 aromatic rings. The Morgan fingerprint density at radius 1 is 1.32 bits per heavy atom. The molecule has 3 heterocycles. The van der Waals surface area contributed by atoms with Gasteiger partial charge in [-0.05, 0) is 55.5 Å². The molecule has 28 heavy (non-hydrogen) atoms. The maximum atomic E-state index is 13.1. The number of nitrogens with one attached hydrogen (secondary N) is 1. The number of rotatable bonds is 5. The molecule has 1 atom stereocenters. The second kappa shape index (κ2) is 7.94. The first kappa shape index (κ1) is 18.4. The Labute approximate surface area is 163 Å². The quantitative estimate of drug-likeness (QED) is 0.742. The molecule has 4 rings (SSSR count). The number of aryl methyl sites for hydroxylation is 1. The van der Waals surface area contributed by atoms with Crippen molar-refractivity contribution in [1.29, 1.82) is 0 Å². The van der Waals surface area contributed by atoms with Crippen molar-refractivity contribution in [3.05, 3.63) is 75.8 Å². The number of hydrogen-bond acceptors (Lipinski definition) is 4. The van der Waals surface area contributed by atoms with Crippen LogP contribution in [0.4, 0.5) is 0 Å². The fourth-order valence-corrected chi connectivity index (χ4v) is 3.62. The highest BCUT2D eigenvalue weighted by Gasteiger charge is 2.24. The van der Waals surface area contributed by atoms with Gasteiger partial charge in [-0.2, -0.15) is 0 Å². The molecule has 144 valence electrons. The van der Waals surface area contributed by atoms with E-state index in [4.69, 9.17) is 4.74 Å². The van der Waals surface area contributed by atoms with Gasteiger partial charge in [-0.15, -0.1) is 0 Å². The molecule has 0 radical (unpaired) electrons. The standard InChI is InChI=1S/C22H23N3O3/c1-15-6-7-20-17(10-15)11-18(21(26)24-20)13-25(14-19-5-3-9-28-19)22(27)16-4-2-8-23-12-16/h2,4,6-8,10-12,19H,3,5,9,13-14H2,1H3,(H,24,26). The molecule has 1 aliphatic heterocycles. The van der Waals surface area contributed by atoms with Gasteiger partial charge in [-0.1, -0.05) is 11.6 Å². The van der Waals surface area contributed by atoms with E-state index in [9.17, 15) is 9.59 Å². The average Bonchev–Trinajstić information content (AvgIpc) is 3.21. The molecular weight excluding hydrogens is 354 g/mol. The van der Waals surface area contributed by atoms with Crippen LogP contribution in [-0.2, 0) is 11.3 Å². The number of benzene rings is 1. The minimum absolute atomic E-state index is 0.00223. The lowest BCUT2D eigenvalue weighted by molar-refractivity contribution is 0.0506. The topological polar surface area (TPSA) is 75.3 Å². The lowest BCUT2D eigenvalue weighted by Crippen LogP contribution is -2.38. The number of amides is 1. The maximum absolute atomic E-state index is 13.1. The highest BCUT2D eigenvalue weighted by atomic mass is 16.5. The largest absolute Gasteiger partial charge is 0.376 e. The summed E-state index contributed by atoms with van der Waals surface area (Å²) in [5.41, 5.74) is 2.81. The number of H-pyrrole nitrogens is 1. The van der Waals surface area contributed by atoms with E-state index in [1.54, 1.807) is 29.4 Å². The molecule has 0 bridgehead atoms. The summed E-state index contributed by atoms with van der Waals surface area (Å²) in [7, 11) is 0. The number of carbonyl (C=O) groups is 1. The van der Waals surface area contributed by atoms with Crippen molar-refractivity contribution in [2.24, 2.45) is 0 Å². The van der Waals surface area contributed by atoms with Crippen molar-refractivity contribution < 1.29 is 9.53 Å². The SMILES string of the molecule is Cc1ccc2[nH]c(=O)c(CN(CC3CCCO3)C(=O)c3cccnc3)cc2c1. The Kier molecular flexibility index (Phi) is 5.21. The molecule has 6 heteroatoms. The first-order chi connectivity index (χ1) is 13.6. The van der Waals surface area contributed by atoms with Crippen LogP contribution in [0.25, 0.3) is 10.9 Å². The van der Waals surface area contributed by atoms with E-state index in [2.05, 4.69) is 9.97 Å². The molecule has 1 unspecified atom stereocenters. The lowest BCUT2D eigenvalue weighted by atomic mass is 10.1. The number of pyridine rings is 2. The summed E-state index contributed by atoms with van der Waals surface area (Å²) in [6.45, 7) is 3.42. The molecule has 1 aliphatic rings. The van der Waals surface area contributed by atoms with E-state index >= 15 is 0 Å². The van der Waals surface area contributed by atoms with Crippen LogP contribution < -0.4 is 5.56 Å². The summed E-state index contributed by atoms with van der Waals surface area (Å²) in [6, 6.07) is 11.3. The Balaban J connectivity index is 1.66. The number of hydrogen-bond donors (Lipinski definition) is 1. The third kappa shape index (κ3) is 3.97. The first-order valence-corrected chi connectivity index (χ1v) is 9.53. The smallest absolute Gasteiger partial charge is 0.255 e. The van der Waals surface area contributed by atoms with E-state index in [0.29, 0.717) is 17.7 Å². The number of aromatic amines is 1. The van der Waals surface area contributed by atoms with Gasteiger partial charge in [-0.25, -0.2) is 0 Å². The molecule has 2 aromatic heterocycles. The molecule has 1 saturated heterocycles. The fraction of sp³-hybridized carbons (Fsp3) is 0.318. The molecule has 0 saturated carbocycles. The van der Waals surface area contributed by atoms with Crippen LogP contribution in [-0.4, -0.2) is 40.0 Å². The van der Waals surface area contributed by atoms with Gasteiger partial charge in [0.05, 0.1) is 18.2 Å². The predicted molar refractivity (Wildman–Crippen MR) is 107 cm³/mol. The second-order valence-electron chi connectivity index (χ2n) is 7.28. The molecule has 0 spiro atoms. The van der Waals surface area contributed by atoms with Crippen molar-refractivity contribution >= 4 is 16.8 Å². The summed E-state index contributed by atoms with van der Waals surface area (Å²) in [4.78, 5) is 34.4. The van der Waals surface area contributed by atoms with Gasteiger partial charge in [0, 0.05) is 36.6 Å². The molecule has 1 aromatic carbocycles. The number of fused-ring (bicyclic) bond motifs is 1. The predicted octanol–water partition coefficient (Wildman–Crippen LogP) is 3.05. The molecule has 1 fully saturated rings. The first-order valence-electron chi connectivity index (χ1n) is 9.53. The van der Waals surface area contributed by atoms with Gasteiger partial charge in [0.1, 0.15) is 0 Å². The zero-order chi connectivity index (χ0) is 19.5. The van der Waals surface area contributed by atoms with Gasteiger partial charge in [0.2, 0.25) is 0 Å². The second-order valence-corrected chi connectivity index (χ2v) is 7.28. The van der Waals surface area contributed by atoms with Gasteiger partial charge >= 0.3 is 0 Å². The van der Waals surface area contributed by atoms with E-state index in [1.807, 2.05) is 31.2 Å². The minimum atomic E-state index is -0.173. The maximum Gasteiger partial charge on any atom is 0.255 e. The van der Waals surface area contributed by atoms with Crippen molar-refractivity contribution in [3.8, 4) is 0 Å². The third-order valence-corrected chi connectivity index (χ3v) is 5.08. The Morgan fingerprint density at radius 2 is 2.21 bits per heavy atom. The minimum Gasteiger partial charge on any atom is -0.376 e. The van der Waals surface area contributed by atoms with E-state index in [0.717, 1.165) is 35.9 Å². The van der Waals surface area contributed by atoms with Crippen LogP contribution in [0, 0.1) is 6.92 Å². The van der Waals surface area contributed by atoms with Crippen molar-refractivity contribution in [1.82, 2.24) is 14.9 Å². The number of carbonyl (C=O) groups excluding carboxylic acids is 1. The van der Waals surface area contributed by atoms with Crippen LogP contribution in [0.2, 0.25) is 0 Å². The van der Waals surface area contributed by atoms with E-state index in [-0.39, 0.29) is 24.1 Å². The van der Waals surface area contributed by atoms with Crippen molar-refractivity contribution in [3.63, 3.8) is 0 Å². The van der Waals surface area contributed by atoms with E-state index < -0.39 is 0 Å². The van der Waals surface area contributed by atoms with Crippen LogP contribution in [0.1, 0.15) is 34.3 Å². The summed E-state index contributed by atoms with van der Waals surface area (Å²) < 4.78 is 5.73. The monoisotopic (exact) mass is 377 g/mol. The Hall–Kier alpha value is -2.99. The number of nitrogens with zero attached hydrogens (tertiary/aromatic N) is 2. The third-order valence-electron chi connectivity index (χ3n) is 5.08. The lowest BCUT2D eigenvalue weighted by Gasteiger charge is -2.25. The fourth-order valence-electron chi connectivity index (χ4n) is 3.62. The van der Waals surface area contributed by atoms with Gasteiger partial charge in [0.15, 0.2) is 0 Å². The van der Waals surface area contributed by atoms with Crippen LogP contribution in [0.5, 0.6) is 0 Å². The van der Waals surface area contributed by atoms with Crippen molar-refractivity contribution in [2.75, 3.05) is 13.2 Å². The normalized spacial score (nSPS) is 16.4. The molecular formula is C22H23N3O3. The zero-order valence-corrected chi connectivity index (χ0v) is 15.9. The number of aromatic nitrogens is 2. The highest BCUT2D eigenvalue weighted by molar-refractivity contribution is 5.94. The summed E-state index contributed by atoms with van der Waals surface area (Å²) in [6.07, 6.45) is 5.11. The summed E-state index contributed by atoms with van der Waals surface area (Å²) >= 11 is 0. The van der Waals surface area contributed by atoms with Gasteiger partial charge < -0.3 is 14.6 Å². The average molecular weight is 377 g/mol. The van der Waals surface area contributed by atoms with E-state index in [1.165, 1.54) is 0 Å². The Morgan fingerprint density at radius 3 is 2.96 bits per heavy atom. The Bertz CT molecular complexity index is 1040. The van der Waals surface area contributed by atoms with Gasteiger partial charge in [0.25, 0.3) is 11.5 Å². The highest BCUT2D eigenvalue weighted by Crippen LogP contribution is 2.18. The molecule has 6 nitrogen and oxygen atoms in total. The van der Waals surface area contributed by atoms with Crippen LogP contribution in [0.15, 0.2) is 53.6 Å². The zero-order valence-electron chi connectivity index (χ0n) is 15.9. The van der Waals surface area contributed by atoms with Crippen LogP contribution >= 0.6 is 0 Å². The van der Waals surface area contributed by atoms with Crippen LogP contribution in [0.3, 0.4) is 0 Å².